The molecule has 0 radical (unpaired) electrons. The number of nitrogens with zero attached hydrogens (tertiary/aromatic N) is 2. The van der Waals surface area contributed by atoms with E-state index in [4.69, 9.17) is 5.73 Å². The van der Waals surface area contributed by atoms with Gasteiger partial charge in [0.2, 0.25) is 0 Å². The summed E-state index contributed by atoms with van der Waals surface area (Å²) in [6.45, 7) is 1.93. The van der Waals surface area contributed by atoms with Crippen LogP contribution in [0.25, 0.3) is 0 Å². The van der Waals surface area contributed by atoms with E-state index >= 15 is 0 Å². The summed E-state index contributed by atoms with van der Waals surface area (Å²) in [4.78, 5) is 4.37. The first kappa shape index (κ1) is 12.9. The number of hydrogen-bond acceptors (Lipinski definition) is 3. The Labute approximate surface area is 118 Å². The number of nitrogens with two attached hydrogens (primary N) is 1. The van der Waals surface area contributed by atoms with Crippen molar-refractivity contribution in [2.45, 2.75) is 6.54 Å². The van der Waals surface area contributed by atoms with Crippen LogP contribution in [0.1, 0.15) is 5.56 Å². The molecule has 0 amide bonds. The fourth-order valence-corrected chi connectivity index (χ4v) is 2.76. The monoisotopic (exact) mass is 271 g/mol. The number of anilines is 3. The molecule has 2 N–H and O–H groups in total. The zero-order valence-corrected chi connectivity index (χ0v) is 11.5. The number of fused-ring (bicyclic) bond motifs is 1. The lowest BCUT2D eigenvalue weighted by Gasteiger charge is -2.37. The van der Waals surface area contributed by atoms with Crippen molar-refractivity contribution in [3.8, 4) is 0 Å². The van der Waals surface area contributed by atoms with Gasteiger partial charge >= 0.3 is 0 Å². The number of hydrogen-bond donors (Lipinski definition) is 1. The average Bonchev–Trinajstić information content (AvgIpc) is 2.48. The van der Waals surface area contributed by atoms with Gasteiger partial charge in [0.15, 0.2) is 0 Å². The molecule has 1 heterocycles. The van der Waals surface area contributed by atoms with Crippen molar-refractivity contribution in [3.63, 3.8) is 0 Å². The maximum Gasteiger partial charge on any atom is 0.129 e. The minimum absolute atomic E-state index is 0.205. The molecule has 3 nitrogen and oxygen atoms in total. The number of benzene rings is 2. The second-order valence-corrected chi connectivity index (χ2v) is 5.00. The first-order valence-electron chi connectivity index (χ1n) is 6.77. The molecular formula is C16H18FN3. The molecule has 0 saturated heterocycles. The number of likely N-dealkylation sites (N-methyl/N-ethyl adjacent to an activating group) is 1. The highest BCUT2D eigenvalue weighted by Gasteiger charge is 2.23. The number of rotatable bonds is 2. The van der Waals surface area contributed by atoms with E-state index in [-0.39, 0.29) is 12.4 Å². The Balaban J connectivity index is 2.13. The van der Waals surface area contributed by atoms with Crippen LogP contribution in [0.3, 0.4) is 0 Å². The minimum atomic E-state index is -0.235. The third-order valence-corrected chi connectivity index (χ3v) is 3.83. The van der Waals surface area contributed by atoms with E-state index in [1.54, 1.807) is 6.07 Å². The predicted molar refractivity (Wildman–Crippen MR) is 81.0 cm³/mol. The molecule has 2 aromatic carbocycles. The smallest absolute Gasteiger partial charge is 0.129 e. The van der Waals surface area contributed by atoms with Crippen LogP contribution < -0.4 is 15.5 Å². The van der Waals surface area contributed by atoms with Crippen molar-refractivity contribution in [1.82, 2.24) is 0 Å². The summed E-state index contributed by atoms with van der Waals surface area (Å²) in [6.07, 6.45) is 0. The summed E-state index contributed by atoms with van der Waals surface area (Å²) in [5.41, 5.74) is 9.43. The average molecular weight is 271 g/mol. The lowest BCUT2D eigenvalue weighted by molar-refractivity contribution is 0.610. The van der Waals surface area contributed by atoms with E-state index in [0.717, 1.165) is 30.2 Å². The van der Waals surface area contributed by atoms with Gasteiger partial charge in [-0.05, 0) is 24.3 Å². The fraction of sp³-hybridized carbons (Fsp3) is 0.250. The molecular weight excluding hydrogens is 253 g/mol. The highest BCUT2D eigenvalue weighted by atomic mass is 19.1. The molecule has 0 fully saturated rings. The first-order chi connectivity index (χ1) is 9.72. The third kappa shape index (κ3) is 2.02. The Morgan fingerprint density at radius 3 is 2.45 bits per heavy atom. The molecule has 0 bridgehead atoms. The van der Waals surface area contributed by atoms with Gasteiger partial charge in [0.05, 0.1) is 11.4 Å². The summed E-state index contributed by atoms with van der Waals surface area (Å²) >= 11 is 0. The highest BCUT2D eigenvalue weighted by Crippen LogP contribution is 2.38. The quantitative estimate of drug-likeness (QED) is 0.911. The summed E-state index contributed by atoms with van der Waals surface area (Å²) in [7, 11) is 2.07. The van der Waals surface area contributed by atoms with Gasteiger partial charge in [-0.15, -0.1) is 0 Å². The maximum atomic E-state index is 13.9. The van der Waals surface area contributed by atoms with Gasteiger partial charge in [-0.1, -0.05) is 18.2 Å². The van der Waals surface area contributed by atoms with E-state index in [1.807, 2.05) is 18.2 Å². The summed E-state index contributed by atoms with van der Waals surface area (Å²) in [5.74, 6) is -0.235. The van der Waals surface area contributed by atoms with Gasteiger partial charge in [-0.3, -0.25) is 0 Å². The molecule has 0 aliphatic carbocycles. The van der Waals surface area contributed by atoms with Gasteiger partial charge in [-0.25, -0.2) is 4.39 Å². The van der Waals surface area contributed by atoms with Crippen LogP contribution in [0.2, 0.25) is 0 Å². The van der Waals surface area contributed by atoms with Gasteiger partial charge in [0.25, 0.3) is 0 Å². The largest absolute Gasteiger partial charge is 0.371 e. The Bertz CT molecular complexity index is 627. The molecule has 1 aliphatic rings. The van der Waals surface area contributed by atoms with Crippen LogP contribution in [0.5, 0.6) is 0 Å². The topological polar surface area (TPSA) is 32.5 Å². The standard InChI is InChI=1S/C16H18FN3/c1-19-9-10-20(16-7-3-2-6-15(16)19)14-8-4-5-13(17)12(14)11-18/h2-8H,9-11,18H2,1H3. The Kier molecular flexibility index (Phi) is 3.32. The number of para-hydroxylation sites is 2. The Hall–Kier alpha value is -2.07. The van der Waals surface area contributed by atoms with E-state index in [2.05, 4.69) is 29.0 Å². The summed E-state index contributed by atoms with van der Waals surface area (Å²) in [6, 6.07) is 13.3. The zero-order chi connectivity index (χ0) is 14.1. The van der Waals surface area contributed by atoms with Crippen molar-refractivity contribution in [3.05, 3.63) is 53.8 Å². The predicted octanol–water partition coefficient (Wildman–Crippen LogP) is 2.87. The summed E-state index contributed by atoms with van der Waals surface area (Å²) in [5, 5.41) is 0. The fourth-order valence-electron chi connectivity index (χ4n) is 2.76. The van der Waals surface area contributed by atoms with Gasteiger partial charge < -0.3 is 15.5 Å². The molecule has 4 heteroatoms. The molecule has 2 aromatic rings. The normalized spacial score (nSPS) is 14.3. The van der Waals surface area contributed by atoms with Gasteiger partial charge in [-0.2, -0.15) is 0 Å². The highest BCUT2D eigenvalue weighted by molar-refractivity contribution is 5.80. The first-order valence-corrected chi connectivity index (χ1v) is 6.77. The van der Waals surface area contributed by atoms with Crippen LogP contribution in [-0.2, 0) is 6.54 Å². The van der Waals surface area contributed by atoms with E-state index in [1.165, 1.54) is 6.07 Å². The second-order valence-electron chi connectivity index (χ2n) is 5.00. The van der Waals surface area contributed by atoms with Crippen LogP contribution in [0, 0.1) is 5.82 Å². The van der Waals surface area contributed by atoms with Crippen molar-refractivity contribution >= 4 is 17.1 Å². The molecule has 0 aromatic heterocycles. The summed E-state index contributed by atoms with van der Waals surface area (Å²) < 4.78 is 13.9. The molecule has 0 spiro atoms. The van der Waals surface area contributed by atoms with Gasteiger partial charge in [0, 0.05) is 37.9 Å². The molecule has 0 unspecified atom stereocenters. The van der Waals surface area contributed by atoms with Crippen LogP contribution in [-0.4, -0.2) is 20.1 Å². The molecule has 3 rings (SSSR count). The van der Waals surface area contributed by atoms with E-state index in [0.29, 0.717) is 5.56 Å². The lowest BCUT2D eigenvalue weighted by Crippen LogP contribution is -2.37. The van der Waals surface area contributed by atoms with Crippen LogP contribution in [0.15, 0.2) is 42.5 Å². The van der Waals surface area contributed by atoms with Crippen molar-refractivity contribution in [1.29, 1.82) is 0 Å². The minimum Gasteiger partial charge on any atom is -0.371 e. The second kappa shape index (κ2) is 5.13. The molecule has 20 heavy (non-hydrogen) atoms. The zero-order valence-electron chi connectivity index (χ0n) is 11.5. The van der Waals surface area contributed by atoms with Crippen LogP contribution in [0.4, 0.5) is 21.5 Å². The molecule has 0 atom stereocenters. The van der Waals surface area contributed by atoms with E-state index in [9.17, 15) is 4.39 Å². The van der Waals surface area contributed by atoms with Gasteiger partial charge in [0.1, 0.15) is 5.82 Å². The van der Waals surface area contributed by atoms with Crippen molar-refractivity contribution < 1.29 is 4.39 Å². The SMILES string of the molecule is CN1CCN(c2cccc(F)c2CN)c2ccccc21. The van der Waals surface area contributed by atoms with Crippen molar-refractivity contribution in [2.75, 3.05) is 29.9 Å². The van der Waals surface area contributed by atoms with Crippen molar-refractivity contribution in [2.24, 2.45) is 5.73 Å². The third-order valence-electron chi connectivity index (χ3n) is 3.83. The maximum absolute atomic E-state index is 13.9. The molecule has 1 aliphatic heterocycles. The Morgan fingerprint density at radius 1 is 1.00 bits per heavy atom. The van der Waals surface area contributed by atoms with E-state index < -0.39 is 0 Å². The molecule has 0 saturated carbocycles. The Morgan fingerprint density at radius 2 is 1.70 bits per heavy atom. The van der Waals surface area contributed by atoms with Crippen LogP contribution >= 0.6 is 0 Å². The lowest BCUT2D eigenvalue weighted by atomic mass is 10.1. The molecule has 104 valence electrons. The number of halogens is 1.